The monoisotopic (exact) mass is 468 g/mol. The van der Waals surface area contributed by atoms with Crippen molar-refractivity contribution in [2.75, 3.05) is 24.4 Å². The first-order valence-corrected chi connectivity index (χ1v) is 10.5. The Bertz CT molecular complexity index is 973. The molecule has 156 valence electrons. The SMILES string of the molecule is CCc1ccc(NCc2ccc(OCC(=O)Nc3ccc(OC)cc3)c(Br)c2)cc1. The van der Waals surface area contributed by atoms with Gasteiger partial charge in [0.15, 0.2) is 6.61 Å². The fourth-order valence-corrected chi connectivity index (χ4v) is 3.39. The van der Waals surface area contributed by atoms with E-state index in [-0.39, 0.29) is 12.5 Å². The highest BCUT2D eigenvalue weighted by molar-refractivity contribution is 9.10. The topological polar surface area (TPSA) is 59.6 Å². The van der Waals surface area contributed by atoms with E-state index < -0.39 is 0 Å². The van der Waals surface area contributed by atoms with Crippen LogP contribution in [0.25, 0.3) is 0 Å². The van der Waals surface area contributed by atoms with Crippen LogP contribution >= 0.6 is 15.9 Å². The van der Waals surface area contributed by atoms with Gasteiger partial charge in [0.25, 0.3) is 5.91 Å². The van der Waals surface area contributed by atoms with Crippen molar-refractivity contribution in [2.45, 2.75) is 19.9 Å². The molecular weight excluding hydrogens is 444 g/mol. The Hall–Kier alpha value is -2.99. The number of anilines is 2. The highest BCUT2D eigenvalue weighted by Gasteiger charge is 2.08. The van der Waals surface area contributed by atoms with E-state index in [2.05, 4.69) is 57.8 Å². The molecule has 3 aromatic carbocycles. The van der Waals surface area contributed by atoms with E-state index >= 15 is 0 Å². The summed E-state index contributed by atoms with van der Waals surface area (Å²) in [5, 5.41) is 6.21. The fourth-order valence-electron chi connectivity index (χ4n) is 2.85. The standard InChI is InChI=1S/C24H25BrN2O3/c1-3-17-4-7-19(8-5-17)26-15-18-6-13-23(22(25)14-18)30-16-24(28)27-20-9-11-21(29-2)12-10-20/h4-14,26H,3,15-16H2,1-2H3,(H,27,28). The predicted molar refractivity (Wildman–Crippen MR) is 124 cm³/mol. The lowest BCUT2D eigenvalue weighted by Crippen LogP contribution is -2.20. The number of aryl methyl sites for hydroxylation is 1. The maximum absolute atomic E-state index is 12.1. The van der Waals surface area contributed by atoms with Crippen molar-refractivity contribution < 1.29 is 14.3 Å². The molecule has 0 unspecified atom stereocenters. The van der Waals surface area contributed by atoms with E-state index in [1.165, 1.54) is 5.56 Å². The second-order valence-corrected chi connectivity index (χ2v) is 7.59. The average Bonchev–Trinajstić information content (AvgIpc) is 2.78. The van der Waals surface area contributed by atoms with Gasteiger partial charge in [0.2, 0.25) is 0 Å². The molecule has 6 heteroatoms. The molecule has 3 rings (SSSR count). The number of hydrogen-bond acceptors (Lipinski definition) is 4. The van der Waals surface area contributed by atoms with Crippen molar-refractivity contribution in [3.05, 3.63) is 82.3 Å². The first-order valence-electron chi connectivity index (χ1n) is 9.75. The van der Waals surface area contributed by atoms with Crippen molar-refractivity contribution in [3.8, 4) is 11.5 Å². The molecule has 0 fully saturated rings. The van der Waals surface area contributed by atoms with Crippen molar-refractivity contribution in [3.63, 3.8) is 0 Å². The van der Waals surface area contributed by atoms with Gasteiger partial charge in [0.05, 0.1) is 11.6 Å². The summed E-state index contributed by atoms with van der Waals surface area (Å²) >= 11 is 3.53. The Morgan fingerprint density at radius 2 is 1.60 bits per heavy atom. The predicted octanol–water partition coefficient (Wildman–Crippen LogP) is 5.65. The number of hydrogen-bond donors (Lipinski definition) is 2. The number of rotatable bonds is 9. The molecule has 0 spiro atoms. The molecule has 1 amide bonds. The molecule has 2 N–H and O–H groups in total. The van der Waals surface area contributed by atoms with E-state index in [0.29, 0.717) is 18.0 Å². The molecule has 0 aliphatic carbocycles. The van der Waals surface area contributed by atoms with E-state index in [1.54, 1.807) is 31.4 Å². The second-order valence-electron chi connectivity index (χ2n) is 6.73. The average molecular weight is 469 g/mol. The van der Waals surface area contributed by atoms with Crippen LogP contribution in [-0.4, -0.2) is 19.6 Å². The molecule has 0 saturated carbocycles. The lowest BCUT2D eigenvalue weighted by atomic mass is 10.1. The van der Waals surface area contributed by atoms with Crippen LogP contribution in [0.5, 0.6) is 11.5 Å². The number of carbonyl (C=O) groups excluding carboxylic acids is 1. The van der Waals surface area contributed by atoms with Gasteiger partial charge >= 0.3 is 0 Å². The number of carbonyl (C=O) groups is 1. The molecule has 0 aliphatic heterocycles. The third kappa shape index (κ3) is 6.26. The number of methoxy groups -OCH3 is 1. The molecule has 0 heterocycles. The summed E-state index contributed by atoms with van der Waals surface area (Å²) in [4.78, 5) is 12.1. The maximum atomic E-state index is 12.1. The van der Waals surface area contributed by atoms with Crippen LogP contribution in [0.1, 0.15) is 18.1 Å². The van der Waals surface area contributed by atoms with Gasteiger partial charge in [-0.1, -0.05) is 25.1 Å². The van der Waals surface area contributed by atoms with Gasteiger partial charge in [-0.3, -0.25) is 4.79 Å². The third-order valence-electron chi connectivity index (χ3n) is 4.59. The Kier molecular flexibility index (Phi) is 7.74. The lowest BCUT2D eigenvalue weighted by Gasteiger charge is -2.12. The normalized spacial score (nSPS) is 10.4. The van der Waals surface area contributed by atoms with Crippen LogP contribution in [0.4, 0.5) is 11.4 Å². The largest absolute Gasteiger partial charge is 0.497 e. The molecule has 30 heavy (non-hydrogen) atoms. The van der Waals surface area contributed by atoms with Crippen LogP contribution in [0.3, 0.4) is 0 Å². The second kappa shape index (κ2) is 10.7. The highest BCUT2D eigenvalue weighted by atomic mass is 79.9. The third-order valence-corrected chi connectivity index (χ3v) is 5.21. The van der Waals surface area contributed by atoms with Crippen molar-refractivity contribution in [2.24, 2.45) is 0 Å². The van der Waals surface area contributed by atoms with E-state index in [9.17, 15) is 4.79 Å². The molecule has 0 aromatic heterocycles. The minimum absolute atomic E-state index is 0.0774. The van der Waals surface area contributed by atoms with Crippen molar-refractivity contribution in [1.82, 2.24) is 0 Å². The zero-order valence-electron chi connectivity index (χ0n) is 17.1. The smallest absolute Gasteiger partial charge is 0.262 e. The van der Waals surface area contributed by atoms with E-state index in [0.717, 1.165) is 27.9 Å². The number of nitrogens with one attached hydrogen (secondary N) is 2. The van der Waals surface area contributed by atoms with Gasteiger partial charge < -0.3 is 20.1 Å². The van der Waals surface area contributed by atoms with Gasteiger partial charge in [-0.25, -0.2) is 0 Å². The Labute approximate surface area is 185 Å². The summed E-state index contributed by atoms with van der Waals surface area (Å²) in [7, 11) is 1.60. The number of ether oxygens (including phenoxy) is 2. The van der Waals surface area contributed by atoms with Crippen LogP contribution < -0.4 is 20.1 Å². The Balaban J connectivity index is 1.49. The van der Waals surface area contributed by atoms with Crippen LogP contribution in [-0.2, 0) is 17.8 Å². The number of amides is 1. The van der Waals surface area contributed by atoms with Crippen molar-refractivity contribution >= 4 is 33.2 Å². The number of benzene rings is 3. The minimum Gasteiger partial charge on any atom is -0.497 e. The summed E-state index contributed by atoms with van der Waals surface area (Å²) in [6, 6.07) is 21.4. The maximum Gasteiger partial charge on any atom is 0.262 e. The minimum atomic E-state index is -0.228. The highest BCUT2D eigenvalue weighted by Crippen LogP contribution is 2.26. The molecule has 0 bridgehead atoms. The molecular formula is C24H25BrN2O3. The van der Waals surface area contributed by atoms with E-state index in [1.807, 2.05) is 18.2 Å². The molecule has 3 aromatic rings. The van der Waals surface area contributed by atoms with Gasteiger partial charge in [0, 0.05) is 17.9 Å². The number of halogens is 1. The Morgan fingerprint density at radius 3 is 2.23 bits per heavy atom. The van der Waals surface area contributed by atoms with Gasteiger partial charge in [-0.2, -0.15) is 0 Å². The van der Waals surface area contributed by atoms with Crippen LogP contribution in [0.2, 0.25) is 0 Å². The lowest BCUT2D eigenvalue weighted by molar-refractivity contribution is -0.118. The molecule has 0 radical (unpaired) electrons. The molecule has 5 nitrogen and oxygen atoms in total. The zero-order valence-corrected chi connectivity index (χ0v) is 18.7. The van der Waals surface area contributed by atoms with Crippen LogP contribution in [0.15, 0.2) is 71.2 Å². The first kappa shape index (κ1) is 21.7. The van der Waals surface area contributed by atoms with Crippen LogP contribution in [0, 0.1) is 0 Å². The van der Waals surface area contributed by atoms with Gasteiger partial charge in [0.1, 0.15) is 11.5 Å². The summed E-state index contributed by atoms with van der Waals surface area (Å²) in [5.74, 6) is 1.13. The summed E-state index contributed by atoms with van der Waals surface area (Å²) in [6.45, 7) is 2.76. The Morgan fingerprint density at radius 1 is 0.933 bits per heavy atom. The summed E-state index contributed by atoms with van der Waals surface area (Å²) < 4.78 is 11.6. The zero-order chi connectivity index (χ0) is 21.3. The molecule has 0 aliphatic rings. The quantitative estimate of drug-likeness (QED) is 0.425. The molecule has 0 atom stereocenters. The van der Waals surface area contributed by atoms with Gasteiger partial charge in [-0.05, 0) is 82.0 Å². The summed E-state index contributed by atoms with van der Waals surface area (Å²) in [5.41, 5.74) is 4.20. The van der Waals surface area contributed by atoms with Crippen molar-refractivity contribution in [1.29, 1.82) is 0 Å². The summed E-state index contributed by atoms with van der Waals surface area (Å²) in [6.07, 6.45) is 1.03. The van der Waals surface area contributed by atoms with Gasteiger partial charge in [-0.15, -0.1) is 0 Å². The van der Waals surface area contributed by atoms with E-state index in [4.69, 9.17) is 9.47 Å². The fraction of sp³-hybridized carbons (Fsp3) is 0.208. The first-order chi connectivity index (χ1) is 14.6. The molecule has 0 saturated heterocycles.